The van der Waals surface area contributed by atoms with Gasteiger partial charge in [0.15, 0.2) is 11.6 Å². The molecule has 200 valence electrons. The topological polar surface area (TPSA) is 75.2 Å². The standard InChI is InChI=1S/C26H34F3NO6/c1-6-32-18-14-12-17(13-15-18)10-8-7-9-11-19-22(36-25(4,5)34-19)21(30-23(31)26(27,28)29)20-16-33-24(2,3)35-20/h7-10,12-15,19-22H,6,11,16H2,1-5H3,(H,30,31)/b9-7+,10-8+/t19-,20+,21-,22+/m0/s1. The van der Waals surface area contributed by atoms with Gasteiger partial charge in [-0.05, 0) is 58.7 Å². The van der Waals surface area contributed by atoms with Crippen molar-refractivity contribution >= 4 is 12.0 Å². The Hall–Kier alpha value is -2.40. The second-order valence-electron chi connectivity index (χ2n) is 9.53. The maximum Gasteiger partial charge on any atom is 0.471 e. The van der Waals surface area contributed by atoms with Gasteiger partial charge in [0.2, 0.25) is 0 Å². The van der Waals surface area contributed by atoms with Gasteiger partial charge in [0.25, 0.3) is 0 Å². The smallest absolute Gasteiger partial charge is 0.471 e. The molecule has 2 heterocycles. The van der Waals surface area contributed by atoms with Crippen molar-refractivity contribution in [3.63, 3.8) is 0 Å². The quantitative estimate of drug-likeness (QED) is 0.480. The summed E-state index contributed by atoms with van der Waals surface area (Å²) in [4.78, 5) is 11.8. The average molecular weight is 514 g/mol. The molecule has 0 spiro atoms. The van der Waals surface area contributed by atoms with Crippen molar-refractivity contribution in [3.05, 3.63) is 48.1 Å². The largest absolute Gasteiger partial charge is 0.494 e. The number of carbonyl (C=O) groups is 1. The highest BCUT2D eigenvalue weighted by molar-refractivity contribution is 5.82. The molecule has 1 N–H and O–H groups in total. The second-order valence-corrected chi connectivity index (χ2v) is 9.53. The third-order valence-electron chi connectivity index (χ3n) is 5.66. The number of hydrogen-bond acceptors (Lipinski definition) is 6. The van der Waals surface area contributed by atoms with E-state index in [2.05, 4.69) is 5.32 Å². The van der Waals surface area contributed by atoms with E-state index in [1.807, 2.05) is 55.5 Å². The Balaban J connectivity index is 1.71. The first kappa shape index (κ1) is 28.2. The van der Waals surface area contributed by atoms with Crippen molar-refractivity contribution in [2.75, 3.05) is 13.2 Å². The average Bonchev–Trinajstić information content (AvgIpc) is 3.29. The minimum atomic E-state index is -5.05. The maximum absolute atomic E-state index is 13.1. The Bertz CT molecular complexity index is 942. The Labute approximate surface area is 209 Å². The predicted molar refractivity (Wildman–Crippen MR) is 127 cm³/mol. The molecule has 2 fully saturated rings. The molecule has 4 atom stereocenters. The maximum atomic E-state index is 13.1. The number of nitrogens with one attached hydrogen (secondary N) is 1. The van der Waals surface area contributed by atoms with Crippen molar-refractivity contribution in [2.24, 2.45) is 0 Å². The lowest BCUT2D eigenvalue weighted by Crippen LogP contribution is -2.57. The number of allylic oxidation sites excluding steroid dienone is 2. The van der Waals surface area contributed by atoms with Gasteiger partial charge in [0.05, 0.1) is 25.4 Å². The van der Waals surface area contributed by atoms with Crippen LogP contribution in [0.15, 0.2) is 42.5 Å². The van der Waals surface area contributed by atoms with Crippen LogP contribution in [0.2, 0.25) is 0 Å². The fourth-order valence-electron chi connectivity index (χ4n) is 4.16. The van der Waals surface area contributed by atoms with Gasteiger partial charge in [-0.25, -0.2) is 0 Å². The monoisotopic (exact) mass is 513 g/mol. The van der Waals surface area contributed by atoms with Gasteiger partial charge < -0.3 is 29.0 Å². The number of benzene rings is 1. The molecule has 0 radical (unpaired) electrons. The highest BCUT2D eigenvalue weighted by Gasteiger charge is 2.52. The van der Waals surface area contributed by atoms with E-state index in [1.165, 1.54) is 0 Å². The molecule has 0 aliphatic carbocycles. The fourth-order valence-corrected chi connectivity index (χ4v) is 4.16. The van der Waals surface area contributed by atoms with E-state index in [-0.39, 0.29) is 6.61 Å². The number of ether oxygens (including phenoxy) is 5. The summed E-state index contributed by atoms with van der Waals surface area (Å²) in [7, 11) is 0. The molecule has 2 aliphatic heterocycles. The van der Waals surface area contributed by atoms with Crippen LogP contribution in [0, 0.1) is 0 Å². The first-order valence-electron chi connectivity index (χ1n) is 11.9. The lowest BCUT2D eigenvalue weighted by molar-refractivity contribution is -0.181. The summed E-state index contributed by atoms with van der Waals surface area (Å²) < 4.78 is 68.0. The first-order chi connectivity index (χ1) is 16.8. The van der Waals surface area contributed by atoms with Crippen molar-refractivity contribution < 1.29 is 41.7 Å². The third-order valence-corrected chi connectivity index (χ3v) is 5.66. The van der Waals surface area contributed by atoms with Crippen molar-refractivity contribution in [3.8, 4) is 5.75 Å². The number of carbonyl (C=O) groups excluding carboxylic acids is 1. The molecular formula is C26H34F3NO6. The minimum Gasteiger partial charge on any atom is -0.494 e. The van der Waals surface area contributed by atoms with Crippen LogP contribution in [0.1, 0.15) is 46.6 Å². The molecular weight excluding hydrogens is 479 g/mol. The predicted octanol–water partition coefficient (Wildman–Crippen LogP) is 4.76. The SMILES string of the molecule is CCOc1ccc(/C=C/C=C/C[C@@H]2OC(C)(C)O[C@H]2[C@@H](NC(=O)C(F)(F)F)[C@H]2COC(C)(C)O2)cc1. The summed E-state index contributed by atoms with van der Waals surface area (Å²) in [6.07, 6.45) is 0.355. The zero-order valence-corrected chi connectivity index (χ0v) is 21.1. The molecule has 1 aromatic carbocycles. The summed E-state index contributed by atoms with van der Waals surface area (Å²) in [5, 5.41) is 2.06. The Morgan fingerprint density at radius 2 is 1.81 bits per heavy atom. The van der Waals surface area contributed by atoms with E-state index >= 15 is 0 Å². The van der Waals surface area contributed by atoms with Crippen molar-refractivity contribution in [1.29, 1.82) is 0 Å². The van der Waals surface area contributed by atoms with Gasteiger partial charge in [0.1, 0.15) is 18.0 Å². The first-order valence-corrected chi connectivity index (χ1v) is 11.9. The van der Waals surface area contributed by atoms with Crippen molar-refractivity contribution in [2.45, 2.75) is 83.1 Å². The van der Waals surface area contributed by atoms with Crippen LogP contribution in [0.4, 0.5) is 13.2 Å². The molecule has 36 heavy (non-hydrogen) atoms. The summed E-state index contributed by atoms with van der Waals surface area (Å²) in [6, 6.07) is 6.49. The molecule has 7 nitrogen and oxygen atoms in total. The van der Waals surface area contributed by atoms with E-state index in [4.69, 9.17) is 23.7 Å². The highest BCUT2D eigenvalue weighted by atomic mass is 19.4. The molecule has 1 aromatic rings. The number of amides is 1. The van der Waals surface area contributed by atoms with E-state index < -0.39 is 48.0 Å². The van der Waals surface area contributed by atoms with Gasteiger partial charge in [-0.1, -0.05) is 36.4 Å². The van der Waals surface area contributed by atoms with Crippen LogP contribution < -0.4 is 10.1 Å². The molecule has 0 saturated carbocycles. The van der Waals surface area contributed by atoms with Crippen LogP contribution in [0.3, 0.4) is 0 Å². The zero-order chi connectivity index (χ0) is 26.6. The van der Waals surface area contributed by atoms with Gasteiger partial charge in [-0.2, -0.15) is 13.2 Å². The molecule has 0 unspecified atom stereocenters. The lowest BCUT2D eigenvalue weighted by Gasteiger charge is -2.31. The molecule has 2 aliphatic rings. The highest BCUT2D eigenvalue weighted by Crippen LogP contribution is 2.36. The van der Waals surface area contributed by atoms with Crippen LogP contribution in [-0.4, -0.2) is 61.2 Å². The lowest BCUT2D eigenvalue weighted by atomic mass is 9.98. The number of halogens is 3. The molecule has 3 rings (SSSR count). The third kappa shape index (κ3) is 7.80. The Morgan fingerprint density at radius 3 is 2.39 bits per heavy atom. The summed E-state index contributed by atoms with van der Waals surface area (Å²) in [5.41, 5.74) is 0.985. The number of hydrogen-bond donors (Lipinski definition) is 1. The van der Waals surface area contributed by atoms with Crippen LogP contribution in [-0.2, 0) is 23.7 Å². The second kappa shape index (κ2) is 11.3. The van der Waals surface area contributed by atoms with E-state index in [9.17, 15) is 18.0 Å². The molecule has 0 bridgehead atoms. The van der Waals surface area contributed by atoms with Gasteiger partial charge in [0, 0.05) is 0 Å². The number of rotatable bonds is 9. The van der Waals surface area contributed by atoms with Crippen molar-refractivity contribution in [1.82, 2.24) is 5.32 Å². The summed E-state index contributed by atoms with van der Waals surface area (Å²) in [5.74, 6) is -3.33. The van der Waals surface area contributed by atoms with Crippen LogP contribution in [0.25, 0.3) is 6.08 Å². The fraction of sp³-hybridized carbons (Fsp3) is 0.577. The van der Waals surface area contributed by atoms with Gasteiger partial charge in [-0.15, -0.1) is 0 Å². The molecule has 0 aromatic heterocycles. The molecule has 1 amide bonds. The normalized spacial score (nSPS) is 26.5. The molecule has 10 heteroatoms. The van der Waals surface area contributed by atoms with E-state index in [1.54, 1.807) is 27.7 Å². The Kier molecular flexibility index (Phi) is 8.87. The van der Waals surface area contributed by atoms with Gasteiger partial charge in [-0.3, -0.25) is 4.79 Å². The number of alkyl halides is 3. The van der Waals surface area contributed by atoms with Crippen LogP contribution >= 0.6 is 0 Å². The minimum absolute atomic E-state index is 0.00345. The Morgan fingerprint density at radius 1 is 1.11 bits per heavy atom. The summed E-state index contributed by atoms with van der Waals surface area (Å²) >= 11 is 0. The van der Waals surface area contributed by atoms with E-state index in [0.717, 1.165) is 11.3 Å². The van der Waals surface area contributed by atoms with Crippen LogP contribution in [0.5, 0.6) is 5.75 Å². The zero-order valence-electron chi connectivity index (χ0n) is 21.1. The van der Waals surface area contributed by atoms with E-state index in [0.29, 0.717) is 13.0 Å². The summed E-state index contributed by atoms with van der Waals surface area (Å²) in [6.45, 7) is 9.18. The van der Waals surface area contributed by atoms with Gasteiger partial charge >= 0.3 is 12.1 Å². The molecule has 2 saturated heterocycles.